The highest BCUT2D eigenvalue weighted by Gasteiger charge is 2.49. The van der Waals surface area contributed by atoms with Crippen molar-refractivity contribution in [1.29, 1.82) is 0 Å². The third-order valence-electron chi connectivity index (χ3n) is 8.00. The van der Waals surface area contributed by atoms with Crippen molar-refractivity contribution in [3.05, 3.63) is 68.6 Å². The summed E-state index contributed by atoms with van der Waals surface area (Å²) in [5.74, 6) is -2.74. The Kier molecular flexibility index (Phi) is 7.49. The summed E-state index contributed by atoms with van der Waals surface area (Å²) in [6.07, 6.45) is 0.574. The van der Waals surface area contributed by atoms with Crippen molar-refractivity contribution in [2.24, 2.45) is 5.10 Å². The smallest absolute Gasteiger partial charge is 0.268 e. The van der Waals surface area contributed by atoms with Crippen LogP contribution >= 0.6 is 39.1 Å². The maximum absolute atomic E-state index is 14.2. The Morgan fingerprint density at radius 2 is 1.80 bits per heavy atom. The molecular weight excluding hydrogens is 637 g/mol. The summed E-state index contributed by atoms with van der Waals surface area (Å²) in [5.41, 5.74) is 5.98. The molecule has 1 unspecified atom stereocenters. The maximum atomic E-state index is 14.2. The van der Waals surface area contributed by atoms with Crippen LogP contribution in [0.2, 0.25) is 10.0 Å². The number of pyridine rings is 1. The minimum absolute atomic E-state index is 0.0565. The highest BCUT2D eigenvalue weighted by atomic mass is 79.9. The number of amides is 1. The van der Waals surface area contributed by atoms with Crippen LogP contribution in [0, 0.1) is 0 Å². The number of nitrogens with one attached hydrogen (secondary N) is 2. The van der Waals surface area contributed by atoms with Gasteiger partial charge in [0.05, 0.1) is 16.8 Å². The summed E-state index contributed by atoms with van der Waals surface area (Å²) >= 11 is 16.3. The Balaban J connectivity index is 1.49. The van der Waals surface area contributed by atoms with Crippen LogP contribution in [0.1, 0.15) is 57.1 Å². The number of nitrogens with zero attached hydrogens (tertiary/aromatic N) is 2. The van der Waals surface area contributed by atoms with E-state index >= 15 is 0 Å². The first-order valence-electron chi connectivity index (χ1n) is 13.5. The SMILES string of the molecule is CC1CC(C(=O)N[C@@H]2CC3(CCC(F)(F)CC3)Oc3nc(-c4ccc(Br)cc4Cl)c(-c4ccc(Cl)cc4)cc32)=NN1. The van der Waals surface area contributed by atoms with E-state index in [0.29, 0.717) is 51.3 Å². The first-order valence-corrected chi connectivity index (χ1v) is 15.0. The van der Waals surface area contributed by atoms with E-state index in [0.717, 1.165) is 15.6 Å². The predicted molar refractivity (Wildman–Crippen MR) is 160 cm³/mol. The molecule has 1 fully saturated rings. The maximum Gasteiger partial charge on any atom is 0.268 e. The standard InChI is InChI=1S/C30H27BrCl2F2N4O2/c1-16-12-24(39-38-16)27(40)36-25-15-29(8-10-30(34,35)11-9-29)41-28-22(25)14-21(17-2-5-19(32)6-3-17)26(37-28)20-7-4-18(31)13-23(20)33/h2-7,13-14,16,25,38H,8-12,15H2,1H3,(H,36,40)/t16?,25-/m1/s1. The molecule has 1 amide bonds. The molecule has 41 heavy (non-hydrogen) atoms. The number of rotatable bonds is 4. The highest BCUT2D eigenvalue weighted by Crippen LogP contribution is 2.51. The highest BCUT2D eigenvalue weighted by molar-refractivity contribution is 9.10. The van der Waals surface area contributed by atoms with Crippen molar-refractivity contribution >= 4 is 50.8 Å². The average molecular weight is 664 g/mol. The van der Waals surface area contributed by atoms with Crippen molar-refractivity contribution in [1.82, 2.24) is 15.7 Å². The molecule has 3 aliphatic rings. The van der Waals surface area contributed by atoms with Gasteiger partial charge in [0.2, 0.25) is 11.8 Å². The molecule has 1 spiro atoms. The van der Waals surface area contributed by atoms with Gasteiger partial charge in [0.15, 0.2) is 0 Å². The van der Waals surface area contributed by atoms with Crippen LogP contribution in [-0.2, 0) is 4.79 Å². The number of benzene rings is 2. The fourth-order valence-corrected chi connectivity index (χ4v) is 6.66. The van der Waals surface area contributed by atoms with Crippen molar-refractivity contribution in [3.8, 4) is 28.3 Å². The monoisotopic (exact) mass is 662 g/mol. The average Bonchev–Trinajstić information content (AvgIpc) is 3.37. The molecule has 6 rings (SSSR count). The number of fused-ring (bicyclic) bond motifs is 1. The van der Waals surface area contributed by atoms with Gasteiger partial charge in [-0.1, -0.05) is 57.3 Å². The van der Waals surface area contributed by atoms with Crippen molar-refractivity contribution < 1.29 is 18.3 Å². The van der Waals surface area contributed by atoms with E-state index in [9.17, 15) is 13.6 Å². The van der Waals surface area contributed by atoms with E-state index in [1.165, 1.54) is 0 Å². The summed E-state index contributed by atoms with van der Waals surface area (Å²) in [6, 6.07) is 14.4. The van der Waals surface area contributed by atoms with Crippen molar-refractivity contribution in [2.75, 3.05) is 0 Å². The number of ether oxygens (including phenoxy) is 1. The van der Waals surface area contributed by atoms with Gasteiger partial charge in [-0.15, -0.1) is 0 Å². The number of carbonyl (C=O) groups is 1. The van der Waals surface area contributed by atoms with Gasteiger partial charge >= 0.3 is 0 Å². The minimum atomic E-state index is -2.74. The summed E-state index contributed by atoms with van der Waals surface area (Å²) in [6.45, 7) is 1.95. The topological polar surface area (TPSA) is 75.6 Å². The van der Waals surface area contributed by atoms with Gasteiger partial charge in [0.1, 0.15) is 11.3 Å². The molecule has 6 nitrogen and oxygen atoms in total. The number of hydrazone groups is 1. The lowest BCUT2D eigenvalue weighted by atomic mass is 9.76. The van der Waals surface area contributed by atoms with Crippen LogP contribution in [0.5, 0.6) is 5.88 Å². The number of carbonyl (C=O) groups excluding carboxylic acids is 1. The van der Waals surface area contributed by atoms with Crippen LogP contribution in [0.15, 0.2) is 58.1 Å². The molecule has 3 heterocycles. The Morgan fingerprint density at radius 3 is 2.46 bits per heavy atom. The molecule has 0 bridgehead atoms. The molecule has 3 aromatic rings. The minimum Gasteiger partial charge on any atom is -0.471 e. The second-order valence-electron chi connectivity index (χ2n) is 11.1. The van der Waals surface area contributed by atoms with E-state index in [1.807, 2.05) is 37.3 Å². The normalized spacial score (nSPS) is 22.3. The van der Waals surface area contributed by atoms with Crippen molar-refractivity contribution in [2.45, 2.75) is 69.1 Å². The number of hydrogen-bond donors (Lipinski definition) is 2. The first kappa shape index (κ1) is 28.4. The van der Waals surface area contributed by atoms with E-state index in [1.54, 1.807) is 18.2 Å². The quantitative estimate of drug-likeness (QED) is 0.296. The summed E-state index contributed by atoms with van der Waals surface area (Å²) in [4.78, 5) is 18.3. The predicted octanol–water partition coefficient (Wildman–Crippen LogP) is 8.11. The molecule has 2 atom stereocenters. The lowest BCUT2D eigenvalue weighted by molar-refractivity contribution is -0.119. The van der Waals surface area contributed by atoms with E-state index in [4.69, 9.17) is 32.9 Å². The van der Waals surface area contributed by atoms with Crippen molar-refractivity contribution in [3.63, 3.8) is 0 Å². The lowest BCUT2D eigenvalue weighted by Crippen LogP contribution is -2.50. The molecule has 2 aromatic carbocycles. The van der Waals surface area contributed by atoms with Gasteiger partial charge in [0, 0.05) is 57.9 Å². The number of halogens is 5. The Labute approximate surface area is 255 Å². The van der Waals surface area contributed by atoms with E-state index in [-0.39, 0.29) is 37.6 Å². The van der Waals surface area contributed by atoms with Gasteiger partial charge in [-0.2, -0.15) is 5.10 Å². The molecule has 1 aromatic heterocycles. The molecule has 2 aliphatic heterocycles. The van der Waals surface area contributed by atoms with Crippen LogP contribution in [0.4, 0.5) is 8.78 Å². The van der Waals surface area contributed by atoms with Crippen LogP contribution in [0.3, 0.4) is 0 Å². The van der Waals surface area contributed by atoms with Gasteiger partial charge in [-0.25, -0.2) is 13.8 Å². The zero-order chi connectivity index (χ0) is 28.9. The number of aromatic nitrogens is 1. The third kappa shape index (κ3) is 5.81. The molecule has 11 heteroatoms. The summed E-state index contributed by atoms with van der Waals surface area (Å²) in [7, 11) is 0. The van der Waals surface area contributed by atoms with Gasteiger partial charge in [-0.05, 0) is 55.7 Å². The zero-order valence-electron chi connectivity index (χ0n) is 22.1. The molecule has 0 radical (unpaired) electrons. The Morgan fingerprint density at radius 1 is 1.07 bits per heavy atom. The zero-order valence-corrected chi connectivity index (χ0v) is 25.2. The number of alkyl halides is 2. The molecular formula is C30H27BrCl2F2N4O2. The largest absolute Gasteiger partial charge is 0.471 e. The van der Waals surface area contributed by atoms with E-state index in [2.05, 4.69) is 31.8 Å². The Bertz CT molecular complexity index is 1540. The summed E-state index contributed by atoms with van der Waals surface area (Å²) < 4.78 is 35.8. The Hall–Kier alpha value is -2.75. The van der Waals surface area contributed by atoms with Crippen LogP contribution in [-0.4, -0.2) is 34.2 Å². The summed E-state index contributed by atoms with van der Waals surface area (Å²) in [5, 5.41) is 8.38. The fourth-order valence-electron chi connectivity index (χ4n) is 5.77. The lowest BCUT2D eigenvalue weighted by Gasteiger charge is -2.45. The van der Waals surface area contributed by atoms with Crippen LogP contribution in [0.25, 0.3) is 22.4 Å². The second-order valence-corrected chi connectivity index (χ2v) is 12.8. The van der Waals surface area contributed by atoms with Gasteiger partial charge in [0.25, 0.3) is 5.91 Å². The van der Waals surface area contributed by atoms with Gasteiger partial charge in [-0.3, -0.25) is 4.79 Å². The molecule has 2 N–H and O–H groups in total. The van der Waals surface area contributed by atoms with E-state index < -0.39 is 17.6 Å². The molecule has 0 saturated heterocycles. The van der Waals surface area contributed by atoms with Gasteiger partial charge < -0.3 is 15.5 Å². The second kappa shape index (κ2) is 10.8. The first-order chi connectivity index (χ1) is 19.5. The molecule has 1 saturated carbocycles. The third-order valence-corrected chi connectivity index (χ3v) is 9.06. The molecule has 1 aliphatic carbocycles. The molecule has 214 valence electrons. The number of hydrogen-bond acceptors (Lipinski definition) is 5. The van der Waals surface area contributed by atoms with Crippen LogP contribution < -0.4 is 15.5 Å². The fraction of sp³-hybridized carbons (Fsp3) is 0.367.